The number of anilines is 1. The summed E-state index contributed by atoms with van der Waals surface area (Å²) in [5.74, 6) is 0.191. The molecule has 3 rings (SSSR count). The second-order valence-electron chi connectivity index (χ2n) is 6.08. The smallest absolute Gasteiger partial charge is 0.357 e. The van der Waals surface area contributed by atoms with Crippen LogP contribution in [0.1, 0.15) is 32.1 Å². The summed E-state index contributed by atoms with van der Waals surface area (Å²) in [6.45, 7) is 6.30. The zero-order valence-electron chi connectivity index (χ0n) is 14.7. The van der Waals surface area contributed by atoms with Gasteiger partial charge in [-0.3, -0.25) is 4.57 Å². The summed E-state index contributed by atoms with van der Waals surface area (Å²) in [4.78, 5) is 0. The molecule has 1 aliphatic rings. The van der Waals surface area contributed by atoms with Crippen LogP contribution < -0.4 is 10.1 Å². The quantitative estimate of drug-likeness (QED) is 0.716. The highest BCUT2D eigenvalue weighted by molar-refractivity contribution is 7.54. The van der Waals surface area contributed by atoms with Gasteiger partial charge in [-0.15, -0.1) is 0 Å². The summed E-state index contributed by atoms with van der Waals surface area (Å²) in [7, 11) is -3.36. The number of nitrogens with one attached hydrogen (secondary N) is 1. The molecule has 6 heteroatoms. The highest BCUT2D eigenvalue weighted by Gasteiger charge is 2.47. The zero-order chi connectivity index (χ0) is 17.9. The van der Waals surface area contributed by atoms with Crippen LogP contribution in [0.15, 0.2) is 54.6 Å². The van der Waals surface area contributed by atoms with E-state index in [1.807, 2.05) is 75.4 Å². The average molecular weight is 361 g/mol. The predicted octanol–water partition coefficient (Wildman–Crippen LogP) is 5.21. The summed E-state index contributed by atoms with van der Waals surface area (Å²) in [6, 6.07) is 17.2. The van der Waals surface area contributed by atoms with Gasteiger partial charge in [0.25, 0.3) is 0 Å². The molecular formula is C19H24NO4P. The van der Waals surface area contributed by atoms with Gasteiger partial charge in [0.2, 0.25) is 0 Å². The Morgan fingerprint density at radius 2 is 1.64 bits per heavy atom. The summed E-state index contributed by atoms with van der Waals surface area (Å²) in [5.41, 5.74) is 1.69. The molecule has 0 radical (unpaired) electrons. The average Bonchev–Trinajstić information content (AvgIpc) is 2.88. The highest BCUT2D eigenvalue weighted by atomic mass is 31.2. The standard InChI is InChI=1S/C19H24NO4P/c1-4-22-18-12-10-16(11-13-18)19(20-17-8-6-5-7-9-17)25(21)23-14(2)15(3)24-25/h5-15,19-20H,4H2,1-3H3/t14-,15-,19-/m1/s1. The van der Waals surface area contributed by atoms with Crippen molar-refractivity contribution < 1.29 is 18.3 Å². The Morgan fingerprint density at radius 3 is 2.20 bits per heavy atom. The van der Waals surface area contributed by atoms with Gasteiger partial charge in [-0.2, -0.15) is 0 Å². The maximum Gasteiger partial charge on any atom is 0.357 e. The first-order chi connectivity index (χ1) is 12.0. The van der Waals surface area contributed by atoms with E-state index < -0.39 is 13.4 Å². The molecule has 1 aliphatic heterocycles. The lowest BCUT2D eigenvalue weighted by atomic mass is 10.2. The first kappa shape index (κ1) is 18.0. The van der Waals surface area contributed by atoms with E-state index in [9.17, 15) is 4.57 Å². The van der Waals surface area contributed by atoms with Crippen LogP contribution in [0.2, 0.25) is 0 Å². The van der Waals surface area contributed by atoms with Crippen LogP contribution in [0.25, 0.3) is 0 Å². The van der Waals surface area contributed by atoms with Crippen molar-refractivity contribution in [1.29, 1.82) is 0 Å². The van der Waals surface area contributed by atoms with Crippen molar-refractivity contribution in [3.8, 4) is 5.75 Å². The molecule has 1 heterocycles. The number of rotatable bonds is 6. The molecule has 134 valence electrons. The molecule has 1 saturated heterocycles. The molecule has 2 aromatic rings. The first-order valence-corrected chi connectivity index (χ1v) is 10.1. The molecular weight excluding hydrogens is 337 g/mol. The van der Waals surface area contributed by atoms with Gasteiger partial charge in [0.05, 0.1) is 18.8 Å². The number of hydrogen-bond acceptors (Lipinski definition) is 5. The molecule has 0 aliphatic carbocycles. The SMILES string of the molecule is CCOc1ccc([C@H](Nc2ccccc2)P2(=O)O[C@H](C)[C@@H](C)O2)cc1. The minimum atomic E-state index is -3.36. The van der Waals surface area contributed by atoms with Crippen LogP contribution >= 0.6 is 7.60 Å². The van der Waals surface area contributed by atoms with Gasteiger partial charge in [0.15, 0.2) is 5.78 Å². The molecule has 3 atom stereocenters. The highest BCUT2D eigenvalue weighted by Crippen LogP contribution is 2.66. The van der Waals surface area contributed by atoms with E-state index in [1.165, 1.54) is 0 Å². The lowest BCUT2D eigenvalue weighted by Crippen LogP contribution is -2.13. The van der Waals surface area contributed by atoms with Gasteiger partial charge in [-0.25, -0.2) is 0 Å². The zero-order valence-corrected chi connectivity index (χ0v) is 15.6. The third-order valence-corrected chi connectivity index (χ3v) is 6.50. The molecule has 0 spiro atoms. The molecule has 0 bridgehead atoms. The second-order valence-corrected chi connectivity index (χ2v) is 8.09. The normalized spacial score (nSPS) is 23.2. The Morgan fingerprint density at radius 1 is 1.04 bits per heavy atom. The van der Waals surface area contributed by atoms with Gasteiger partial charge >= 0.3 is 7.60 Å². The van der Waals surface area contributed by atoms with Crippen molar-refractivity contribution in [2.75, 3.05) is 11.9 Å². The van der Waals surface area contributed by atoms with Crippen molar-refractivity contribution in [2.45, 2.75) is 38.8 Å². The van der Waals surface area contributed by atoms with E-state index in [1.54, 1.807) is 0 Å². The topological polar surface area (TPSA) is 56.8 Å². The Hall–Kier alpha value is -1.81. The number of benzene rings is 2. The fourth-order valence-electron chi connectivity index (χ4n) is 2.73. The van der Waals surface area contributed by atoms with Crippen molar-refractivity contribution in [3.05, 3.63) is 60.2 Å². The lowest BCUT2D eigenvalue weighted by Gasteiger charge is -2.25. The molecule has 5 nitrogen and oxygen atoms in total. The third-order valence-electron chi connectivity index (χ3n) is 4.19. The van der Waals surface area contributed by atoms with Crippen molar-refractivity contribution in [2.24, 2.45) is 0 Å². The monoisotopic (exact) mass is 361 g/mol. The van der Waals surface area contributed by atoms with Crippen molar-refractivity contribution in [3.63, 3.8) is 0 Å². The lowest BCUT2D eigenvalue weighted by molar-refractivity contribution is 0.187. The second kappa shape index (κ2) is 7.61. The van der Waals surface area contributed by atoms with Crippen molar-refractivity contribution in [1.82, 2.24) is 0 Å². The van der Waals surface area contributed by atoms with E-state index in [0.29, 0.717) is 6.61 Å². The van der Waals surface area contributed by atoms with E-state index in [-0.39, 0.29) is 12.2 Å². The van der Waals surface area contributed by atoms with E-state index in [4.69, 9.17) is 13.8 Å². The fourth-order valence-corrected chi connectivity index (χ4v) is 5.14. The largest absolute Gasteiger partial charge is 0.494 e. The number of para-hydroxylation sites is 1. The predicted molar refractivity (Wildman–Crippen MR) is 99.1 cm³/mol. The summed E-state index contributed by atoms with van der Waals surface area (Å²) < 4.78 is 30.4. The number of ether oxygens (including phenoxy) is 1. The molecule has 0 saturated carbocycles. The van der Waals surface area contributed by atoms with Gasteiger partial charge in [-0.05, 0) is 50.6 Å². The van der Waals surface area contributed by atoms with Crippen molar-refractivity contribution >= 4 is 13.3 Å². The summed E-state index contributed by atoms with van der Waals surface area (Å²) in [6.07, 6.45) is -0.429. The first-order valence-electron chi connectivity index (χ1n) is 8.52. The summed E-state index contributed by atoms with van der Waals surface area (Å²) in [5, 5.41) is 3.32. The fraction of sp³-hybridized carbons (Fsp3) is 0.368. The van der Waals surface area contributed by atoms with Crippen LogP contribution in [0, 0.1) is 0 Å². The van der Waals surface area contributed by atoms with E-state index in [2.05, 4.69) is 5.32 Å². The van der Waals surface area contributed by atoms with E-state index >= 15 is 0 Å². The molecule has 1 N–H and O–H groups in total. The van der Waals surface area contributed by atoms with Crippen LogP contribution in [0.5, 0.6) is 5.75 Å². The van der Waals surface area contributed by atoms with Gasteiger partial charge in [-0.1, -0.05) is 30.3 Å². The molecule has 0 unspecified atom stereocenters. The Bertz CT molecular complexity index is 721. The Labute approximate surface area is 148 Å². The van der Waals surface area contributed by atoms with Gasteiger partial charge in [0.1, 0.15) is 5.75 Å². The minimum absolute atomic E-state index is 0.214. The molecule has 25 heavy (non-hydrogen) atoms. The maximum absolute atomic E-state index is 13.4. The summed E-state index contributed by atoms with van der Waals surface area (Å²) >= 11 is 0. The Balaban J connectivity index is 1.93. The van der Waals surface area contributed by atoms with Crippen LogP contribution in [-0.4, -0.2) is 18.8 Å². The minimum Gasteiger partial charge on any atom is -0.494 e. The molecule has 1 fully saturated rings. The van der Waals surface area contributed by atoms with Crippen LogP contribution in [0.3, 0.4) is 0 Å². The van der Waals surface area contributed by atoms with Gasteiger partial charge in [0, 0.05) is 5.69 Å². The van der Waals surface area contributed by atoms with Gasteiger partial charge < -0.3 is 19.1 Å². The Kier molecular flexibility index (Phi) is 5.48. The molecule has 0 amide bonds. The van der Waals surface area contributed by atoms with Crippen LogP contribution in [-0.2, 0) is 13.6 Å². The third kappa shape index (κ3) is 4.06. The van der Waals surface area contributed by atoms with E-state index in [0.717, 1.165) is 17.0 Å². The molecule has 2 aromatic carbocycles. The maximum atomic E-state index is 13.4. The molecule has 0 aromatic heterocycles. The number of hydrogen-bond donors (Lipinski definition) is 1. The van der Waals surface area contributed by atoms with Crippen LogP contribution in [0.4, 0.5) is 5.69 Å².